The van der Waals surface area contributed by atoms with E-state index in [4.69, 9.17) is 0 Å². The van der Waals surface area contributed by atoms with Crippen molar-refractivity contribution in [2.75, 3.05) is 0 Å². The number of hydrogen-bond donors (Lipinski definition) is 0. The van der Waals surface area contributed by atoms with Gasteiger partial charge in [0.15, 0.2) is 0 Å². The van der Waals surface area contributed by atoms with Gasteiger partial charge in [-0.15, -0.1) is 0 Å². The normalized spacial score (nSPS) is 13.3. The summed E-state index contributed by atoms with van der Waals surface area (Å²) in [6, 6.07) is 0. The van der Waals surface area contributed by atoms with Gasteiger partial charge in [0.05, 0.1) is 0 Å². The molecule has 0 saturated heterocycles. The second-order valence-electron chi connectivity index (χ2n) is 2.45. The van der Waals surface area contributed by atoms with Gasteiger partial charge in [-0.2, -0.15) is 0 Å². The maximum absolute atomic E-state index is 2.26. The summed E-state index contributed by atoms with van der Waals surface area (Å²) < 4.78 is 3.34. The quantitative estimate of drug-likeness (QED) is 0.688. The molecule has 1 heteroatoms. The topological polar surface area (TPSA) is 0 Å². The number of allylic oxidation sites excluding steroid dienone is 4. The van der Waals surface area contributed by atoms with Gasteiger partial charge in [0.1, 0.15) is 0 Å². The molecular formula is C8H14Hg. The summed E-state index contributed by atoms with van der Waals surface area (Å²) in [4.78, 5) is 0. The Morgan fingerprint density at radius 2 is 1.33 bits per heavy atom. The summed E-state index contributed by atoms with van der Waals surface area (Å²) >= 11 is -0.708. The van der Waals surface area contributed by atoms with Crippen molar-refractivity contribution in [1.82, 2.24) is 0 Å². The van der Waals surface area contributed by atoms with Crippen molar-refractivity contribution in [2.45, 2.75) is 27.7 Å². The molecular weight excluding hydrogens is 297 g/mol. The molecule has 0 atom stereocenters. The van der Waals surface area contributed by atoms with Gasteiger partial charge >= 0.3 is 70.6 Å². The summed E-state index contributed by atoms with van der Waals surface area (Å²) in [5, 5.41) is 0. The number of rotatable bonds is 2. The van der Waals surface area contributed by atoms with E-state index in [1.807, 2.05) is 0 Å². The summed E-state index contributed by atoms with van der Waals surface area (Å²) in [6.45, 7) is 8.79. The van der Waals surface area contributed by atoms with E-state index in [2.05, 4.69) is 39.8 Å². The van der Waals surface area contributed by atoms with E-state index in [-0.39, 0.29) is 0 Å². The minimum atomic E-state index is -0.708. The van der Waals surface area contributed by atoms with Crippen molar-refractivity contribution in [3.63, 3.8) is 0 Å². The minimum absolute atomic E-state index is 0.708. The molecule has 9 heavy (non-hydrogen) atoms. The monoisotopic (exact) mass is 312 g/mol. The van der Waals surface area contributed by atoms with Gasteiger partial charge in [0, 0.05) is 0 Å². The van der Waals surface area contributed by atoms with Gasteiger partial charge in [-0.1, -0.05) is 0 Å². The van der Waals surface area contributed by atoms with Crippen molar-refractivity contribution in [3.8, 4) is 0 Å². The first-order valence-corrected chi connectivity index (χ1v) is 8.94. The fourth-order valence-corrected chi connectivity index (χ4v) is 5.65. The van der Waals surface area contributed by atoms with Crippen LogP contribution in [-0.4, -0.2) is 0 Å². The molecule has 0 amide bonds. The van der Waals surface area contributed by atoms with Crippen molar-refractivity contribution in [2.24, 2.45) is 0 Å². The van der Waals surface area contributed by atoms with Crippen LogP contribution in [0, 0.1) is 0 Å². The predicted octanol–water partition coefficient (Wildman–Crippen LogP) is 2.92. The molecule has 0 aliphatic heterocycles. The molecule has 0 radical (unpaired) electrons. The van der Waals surface area contributed by atoms with Gasteiger partial charge in [0.2, 0.25) is 0 Å². The third kappa shape index (κ3) is 4.89. The van der Waals surface area contributed by atoms with Crippen LogP contribution < -0.4 is 0 Å². The molecule has 0 aliphatic rings. The molecule has 0 unspecified atom stereocenters. The molecule has 0 heterocycles. The molecule has 0 aromatic carbocycles. The molecule has 0 rings (SSSR count). The zero-order valence-electron chi connectivity index (χ0n) is 6.86. The third-order valence-corrected chi connectivity index (χ3v) is 9.05. The van der Waals surface area contributed by atoms with Gasteiger partial charge in [-0.05, 0) is 0 Å². The van der Waals surface area contributed by atoms with Crippen LogP contribution in [0.5, 0.6) is 0 Å². The first kappa shape index (κ1) is 9.42. The van der Waals surface area contributed by atoms with Crippen LogP contribution in [0.15, 0.2) is 18.3 Å². The van der Waals surface area contributed by atoms with Gasteiger partial charge in [-0.3, -0.25) is 0 Å². The molecule has 0 spiro atoms. The number of hydrogen-bond acceptors (Lipinski definition) is 0. The third-order valence-electron chi connectivity index (χ3n) is 1.54. The van der Waals surface area contributed by atoms with Crippen molar-refractivity contribution in [3.05, 3.63) is 18.3 Å². The summed E-state index contributed by atoms with van der Waals surface area (Å²) in [7, 11) is 0. The Labute approximate surface area is 70.5 Å². The Morgan fingerprint density at radius 1 is 1.00 bits per heavy atom. The maximum atomic E-state index is 2.26. The Bertz CT molecular complexity index is 116. The molecule has 0 aromatic rings. The van der Waals surface area contributed by atoms with Crippen LogP contribution in [0.1, 0.15) is 27.7 Å². The molecule has 0 aliphatic carbocycles. The fraction of sp³-hybridized carbons (Fsp3) is 0.500. The van der Waals surface area contributed by atoms with E-state index in [1.165, 1.54) is 0 Å². The Kier molecular flexibility index (Phi) is 5.46. The molecule has 48 valence electrons. The van der Waals surface area contributed by atoms with Gasteiger partial charge < -0.3 is 0 Å². The molecule has 0 saturated carbocycles. The predicted molar refractivity (Wildman–Crippen MR) is 38.9 cm³/mol. The van der Waals surface area contributed by atoms with Crippen LogP contribution in [0.2, 0.25) is 0 Å². The van der Waals surface area contributed by atoms with Crippen molar-refractivity contribution >= 4 is 0 Å². The van der Waals surface area contributed by atoms with E-state index in [0.29, 0.717) is 0 Å². The van der Waals surface area contributed by atoms with Crippen LogP contribution in [0.4, 0.5) is 0 Å². The first-order valence-electron chi connectivity index (χ1n) is 3.44. The second kappa shape index (κ2) is 5.22. The zero-order valence-corrected chi connectivity index (χ0v) is 12.4. The molecule has 0 aromatic heterocycles. The van der Waals surface area contributed by atoms with Crippen LogP contribution >= 0.6 is 0 Å². The first-order chi connectivity index (χ1) is 4.20. The van der Waals surface area contributed by atoms with E-state index < -0.39 is 24.6 Å². The summed E-state index contributed by atoms with van der Waals surface area (Å²) in [5.74, 6) is 0. The van der Waals surface area contributed by atoms with Crippen LogP contribution in [0.25, 0.3) is 0 Å². The standard InChI is InChI=1S/2C4H7.Hg/c2*1-3-4-2;/h2*3H,1-2H3;. The average Bonchev–Trinajstić information content (AvgIpc) is 1.87. The van der Waals surface area contributed by atoms with E-state index in [0.717, 1.165) is 0 Å². The molecule has 0 bridgehead atoms. The van der Waals surface area contributed by atoms with Crippen molar-refractivity contribution < 1.29 is 24.6 Å². The summed E-state index contributed by atoms with van der Waals surface area (Å²) in [5.41, 5.74) is 0. The zero-order chi connectivity index (χ0) is 7.28. The van der Waals surface area contributed by atoms with Crippen LogP contribution in [0.3, 0.4) is 0 Å². The van der Waals surface area contributed by atoms with Gasteiger partial charge in [0.25, 0.3) is 0 Å². The van der Waals surface area contributed by atoms with Crippen LogP contribution in [-0.2, 0) is 24.6 Å². The van der Waals surface area contributed by atoms with E-state index in [1.54, 1.807) is 6.16 Å². The Hall–Kier alpha value is 0.415. The molecule has 0 N–H and O–H groups in total. The van der Waals surface area contributed by atoms with Crippen molar-refractivity contribution in [1.29, 1.82) is 0 Å². The van der Waals surface area contributed by atoms with E-state index in [9.17, 15) is 0 Å². The SMILES string of the molecule is CC=[C](C)[Hg][C](C)=CC. The van der Waals surface area contributed by atoms with E-state index >= 15 is 0 Å². The molecule has 0 nitrogen and oxygen atoms in total. The fourth-order valence-electron chi connectivity index (χ4n) is 0.644. The van der Waals surface area contributed by atoms with Gasteiger partial charge in [-0.25, -0.2) is 0 Å². The summed E-state index contributed by atoms with van der Waals surface area (Å²) in [6.07, 6.45) is 4.52. The average molecular weight is 311 g/mol. The second-order valence-corrected chi connectivity index (χ2v) is 12.5. The molecule has 0 fully saturated rings. The Morgan fingerprint density at radius 3 is 1.56 bits per heavy atom. The Balaban J connectivity index is 3.75.